The molecule has 0 saturated carbocycles. The highest BCUT2D eigenvalue weighted by molar-refractivity contribution is 6.01. The zero-order valence-corrected chi connectivity index (χ0v) is 17.6. The van der Waals surface area contributed by atoms with Gasteiger partial charge in [0.2, 0.25) is 0 Å². The summed E-state index contributed by atoms with van der Waals surface area (Å²) in [5.41, 5.74) is 2.11. The van der Waals surface area contributed by atoms with Gasteiger partial charge in [0.1, 0.15) is 11.5 Å². The van der Waals surface area contributed by atoms with E-state index >= 15 is 0 Å². The topological polar surface area (TPSA) is 83.6 Å². The van der Waals surface area contributed by atoms with Crippen molar-refractivity contribution >= 4 is 11.9 Å². The van der Waals surface area contributed by atoms with Crippen molar-refractivity contribution in [1.82, 2.24) is 20.0 Å². The first-order valence-corrected chi connectivity index (χ1v) is 10.1. The quantitative estimate of drug-likeness (QED) is 0.740. The second-order valence-electron chi connectivity index (χ2n) is 7.63. The van der Waals surface area contributed by atoms with Gasteiger partial charge < -0.3 is 24.4 Å². The fourth-order valence-electron chi connectivity index (χ4n) is 4.14. The van der Waals surface area contributed by atoms with Gasteiger partial charge in [0.25, 0.3) is 5.91 Å². The lowest BCUT2D eigenvalue weighted by Gasteiger charge is -2.31. The number of carbonyl (C=O) groups is 2. The molecule has 9 heteroatoms. The number of nitrogens with one attached hydrogen (secondary N) is 1. The van der Waals surface area contributed by atoms with Crippen LogP contribution in [0.25, 0.3) is 0 Å². The Morgan fingerprint density at radius 1 is 1.07 bits per heavy atom. The number of nitrogens with zero attached hydrogens (tertiary/aromatic N) is 3. The third kappa shape index (κ3) is 3.82. The summed E-state index contributed by atoms with van der Waals surface area (Å²) in [4.78, 5) is 31.6. The maximum Gasteiger partial charge on any atom is 0.322 e. The molecule has 1 aromatic rings. The van der Waals surface area contributed by atoms with Crippen molar-refractivity contribution in [3.05, 3.63) is 35.0 Å². The highest BCUT2D eigenvalue weighted by atomic mass is 16.5. The van der Waals surface area contributed by atoms with Crippen molar-refractivity contribution in [3.8, 4) is 11.5 Å². The minimum atomic E-state index is -0.548. The van der Waals surface area contributed by atoms with Crippen LogP contribution in [0.3, 0.4) is 0 Å². The Bertz CT molecular complexity index is 843. The summed E-state index contributed by atoms with van der Waals surface area (Å²) in [5, 5.41) is 2.96. The fraction of sp³-hybridized carbons (Fsp3) is 0.524. The molecule has 0 aliphatic carbocycles. The van der Waals surface area contributed by atoms with Gasteiger partial charge in [-0.15, -0.1) is 0 Å². The van der Waals surface area contributed by atoms with Gasteiger partial charge in [0.05, 0.1) is 51.3 Å². The molecule has 0 unspecified atom stereocenters. The number of ether oxygens (including phenoxy) is 3. The molecule has 0 bridgehead atoms. The molecule has 3 amide bonds. The monoisotopic (exact) mass is 416 g/mol. The average molecular weight is 416 g/mol. The van der Waals surface area contributed by atoms with Crippen LogP contribution in [-0.4, -0.2) is 93.8 Å². The molecule has 3 aliphatic heterocycles. The molecular formula is C21H28N4O5. The maximum atomic E-state index is 13.3. The van der Waals surface area contributed by atoms with E-state index in [1.165, 1.54) is 4.90 Å². The number of carbonyl (C=O) groups excluding carboxylic acids is 2. The first kappa shape index (κ1) is 20.5. The normalized spacial score (nSPS) is 22.3. The van der Waals surface area contributed by atoms with E-state index in [1.807, 2.05) is 17.0 Å². The van der Waals surface area contributed by atoms with Gasteiger partial charge in [-0.25, -0.2) is 4.79 Å². The zero-order chi connectivity index (χ0) is 21.3. The van der Waals surface area contributed by atoms with Crippen molar-refractivity contribution in [1.29, 1.82) is 0 Å². The van der Waals surface area contributed by atoms with E-state index in [-0.39, 0.29) is 11.9 Å². The molecule has 4 rings (SSSR count). The first-order valence-electron chi connectivity index (χ1n) is 10.1. The van der Waals surface area contributed by atoms with Crippen LogP contribution in [0.4, 0.5) is 4.79 Å². The Kier molecular flexibility index (Phi) is 5.83. The third-order valence-corrected chi connectivity index (χ3v) is 5.93. The second kappa shape index (κ2) is 8.53. The third-order valence-electron chi connectivity index (χ3n) is 5.93. The number of morpholine rings is 1. The van der Waals surface area contributed by atoms with E-state index in [0.29, 0.717) is 30.2 Å². The Balaban J connectivity index is 1.59. The van der Waals surface area contributed by atoms with Crippen molar-refractivity contribution in [2.45, 2.75) is 6.04 Å². The van der Waals surface area contributed by atoms with Gasteiger partial charge in [-0.2, -0.15) is 0 Å². The average Bonchev–Trinajstić information content (AvgIpc) is 3.11. The lowest BCUT2D eigenvalue weighted by molar-refractivity contribution is -0.126. The largest absolute Gasteiger partial charge is 0.497 e. The number of likely N-dealkylation sites (N-methyl/N-ethyl adjacent to an activating group) is 1. The van der Waals surface area contributed by atoms with Gasteiger partial charge in [0, 0.05) is 39.3 Å². The minimum absolute atomic E-state index is 0.0445. The molecule has 0 aromatic heterocycles. The van der Waals surface area contributed by atoms with Crippen LogP contribution < -0.4 is 14.8 Å². The number of rotatable bonds is 6. The van der Waals surface area contributed by atoms with Gasteiger partial charge in [-0.05, 0) is 17.7 Å². The van der Waals surface area contributed by atoms with E-state index in [2.05, 4.69) is 10.2 Å². The fourth-order valence-corrected chi connectivity index (χ4v) is 4.14. The van der Waals surface area contributed by atoms with Gasteiger partial charge in [0.15, 0.2) is 0 Å². The number of urea groups is 1. The maximum absolute atomic E-state index is 13.3. The molecule has 1 saturated heterocycles. The van der Waals surface area contributed by atoms with Crippen LogP contribution in [0.15, 0.2) is 29.5 Å². The molecule has 1 N–H and O–H groups in total. The van der Waals surface area contributed by atoms with Crippen molar-refractivity contribution < 1.29 is 23.8 Å². The molecule has 162 valence electrons. The van der Waals surface area contributed by atoms with E-state index in [1.54, 1.807) is 27.3 Å². The van der Waals surface area contributed by atoms with Crippen LogP contribution in [0.5, 0.6) is 11.5 Å². The number of amides is 3. The van der Waals surface area contributed by atoms with Gasteiger partial charge >= 0.3 is 6.03 Å². The summed E-state index contributed by atoms with van der Waals surface area (Å²) >= 11 is 0. The molecule has 0 radical (unpaired) electrons. The Hall–Kier alpha value is -2.78. The highest BCUT2D eigenvalue weighted by Gasteiger charge is 2.43. The molecule has 1 aromatic carbocycles. The van der Waals surface area contributed by atoms with Gasteiger partial charge in [-0.1, -0.05) is 0 Å². The number of methoxy groups -OCH3 is 2. The van der Waals surface area contributed by atoms with Crippen LogP contribution in [0.2, 0.25) is 0 Å². The van der Waals surface area contributed by atoms with Crippen molar-refractivity contribution in [3.63, 3.8) is 0 Å². The predicted molar refractivity (Wildman–Crippen MR) is 109 cm³/mol. The summed E-state index contributed by atoms with van der Waals surface area (Å²) in [7, 11) is 4.85. The van der Waals surface area contributed by atoms with Crippen molar-refractivity contribution in [2.24, 2.45) is 0 Å². The summed E-state index contributed by atoms with van der Waals surface area (Å²) in [5.74, 6) is 1.17. The van der Waals surface area contributed by atoms with Crippen LogP contribution in [-0.2, 0) is 9.53 Å². The summed E-state index contributed by atoms with van der Waals surface area (Å²) in [6.45, 7) is 5.04. The molecule has 9 nitrogen and oxygen atoms in total. The van der Waals surface area contributed by atoms with E-state index in [4.69, 9.17) is 14.2 Å². The van der Waals surface area contributed by atoms with Crippen LogP contribution >= 0.6 is 0 Å². The van der Waals surface area contributed by atoms with E-state index in [0.717, 1.165) is 44.1 Å². The lowest BCUT2D eigenvalue weighted by Crippen LogP contribution is -2.45. The molecule has 30 heavy (non-hydrogen) atoms. The van der Waals surface area contributed by atoms with E-state index in [9.17, 15) is 9.59 Å². The molecule has 1 atom stereocenters. The summed E-state index contributed by atoms with van der Waals surface area (Å²) < 4.78 is 16.1. The highest BCUT2D eigenvalue weighted by Crippen LogP contribution is 2.38. The Morgan fingerprint density at radius 3 is 2.37 bits per heavy atom. The first-order chi connectivity index (χ1) is 14.5. The molecule has 1 fully saturated rings. The number of benzene rings is 1. The molecule has 3 aliphatic rings. The van der Waals surface area contributed by atoms with E-state index < -0.39 is 6.04 Å². The zero-order valence-electron chi connectivity index (χ0n) is 17.6. The van der Waals surface area contributed by atoms with Gasteiger partial charge in [-0.3, -0.25) is 14.6 Å². The van der Waals surface area contributed by atoms with Crippen molar-refractivity contribution in [2.75, 3.05) is 67.2 Å². The van der Waals surface area contributed by atoms with Crippen LogP contribution in [0.1, 0.15) is 11.6 Å². The lowest BCUT2D eigenvalue weighted by atomic mass is 9.95. The molecule has 0 spiro atoms. The summed E-state index contributed by atoms with van der Waals surface area (Å²) in [6.07, 6.45) is 0. The SMILES string of the molecule is COc1cc(OC)cc([C@@H]2NC(=O)N(C)C3=C2C(=O)N(CCN2CCOCC2)C3)c1. The molecule has 3 heterocycles. The summed E-state index contributed by atoms with van der Waals surface area (Å²) in [6, 6.07) is 4.64. The Labute approximate surface area is 176 Å². The Morgan fingerprint density at radius 2 is 1.73 bits per heavy atom. The second-order valence-corrected chi connectivity index (χ2v) is 7.63. The number of hydrogen-bond acceptors (Lipinski definition) is 6. The smallest absolute Gasteiger partial charge is 0.322 e. The van der Waals surface area contributed by atoms with Crippen LogP contribution in [0, 0.1) is 0 Å². The number of hydrogen-bond donors (Lipinski definition) is 1. The predicted octanol–water partition coefficient (Wildman–Crippen LogP) is 0.828. The molecular weight excluding hydrogens is 388 g/mol. The minimum Gasteiger partial charge on any atom is -0.497 e. The standard InChI is InChI=1S/C21H28N4O5/c1-23-17-13-25(5-4-24-6-8-30-9-7-24)20(26)18(17)19(22-21(23)27)14-10-15(28-2)12-16(11-14)29-3/h10-12,19H,4-9,13H2,1-3H3,(H,22,27)/t19-/m0/s1.